The smallest absolute Gasteiger partial charge is 0.0647 e. The Bertz CT molecular complexity index is 353. The topological polar surface area (TPSA) is 12.4 Å². The van der Waals surface area contributed by atoms with Gasteiger partial charge >= 0.3 is 0 Å². The van der Waals surface area contributed by atoms with Gasteiger partial charge in [-0.2, -0.15) is 0 Å². The van der Waals surface area contributed by atoms with E-state index in [9.17, 15) is 0 Å². The molecule has 0 N–H and O–H groups in total. The van der Waals surface area contributed by atoms with E-state index in [1.807, 2.05) is 6.07 Å². The zero-order valence-electron chi connectivity index (χ0n) is 7.49. The zero-order valence-corrected chi connectivity index (χ0v) is 7.49. The summed E-state index contributed by atoms with van der Waals surface area (Å²) in [6.45, 7) is 4.38. The molecule has 62 valence electrons. The van der Waals surface area contributed by atoms with Crippen molar-refractivity contribution in [3.63, 3.8) is 0 Å². The Labute approximate surface area is 72.5 Å². The van der Waals surface area contributed by atoms with Crippen molar-refractivity contribution < 1.29 is 0 Å². The Morgan fingerprint density at radius 3 is 2.75 bits per heavy atom. The van der Waals surface area contributed by atoms with E-state index in [-0.39, 0.29) is 0 Å². The normalized spacial score (nSPS) is 26.8. The van der Waals surface area contributed by atoms with Gasteiger partial charge in [-0.1, -0.05) is 31.2 Å². The average molecular weight is 159 g/mol. The minimum absolute atomic E-state index is 0.430. The van der Waals surface area contributed by atoms with Crippen LogP contribution in [0.25, 0.3) is 6.08 Å². The van der Waals surface area contributed by atoms with Crippen LogP contribution in [-0.4, -0.2) is 6.04 Å². The van der Waals surface area contributed by atoms with Crippen LogP contribution < -0.4 is 10.6 Å². The number of hydrogen-bond donors (Lipinski definition) is 0. The standard InChI is InChI=1S/C11H13N/c1-8-7-10-5-3-4-6-11(10)12-9(8)2/h3-9H,1-2H3. The maximum absolute atomic E-state index is 4.60. The van der Waals surface area contributed by atoms with Crippen LogP contribution in [0.2, 0.25) is 0 Å². The first-order valence-electron chi connectivity index (χ1n) is 4.42. The molecule has 1 aliphatic heterocycles. The summed E-state index contributed by atoms with van der Waals surface area (Å²) in [5, 5.41) is 2.42. The Morgan fingerprint density at radius 2 is 1.92 bits per heavy atom. The van der Waals surface area contributed by atoms with Crippen LogP contribution in [0.3, 0.4) is 0 Å². The molecule has 0 amide bonds. The highest BCUT2D eigenvalue weighted by molar-refractivity contribution is 5.29. The van der Waals surface area contributed by atoms with Crippen molar-refractivity contribution in [3.8, 4) is 0 Å². The SMILES string of the molecule is CC1C=c2ccccc2=NC1C. The van der Waals surface area contributed by atoms with Gasteiger partial charge in [0.2, 0.25) is 0 Å². The Hall–Kier alpha value is -1.11. The van der Waals surface area contributed by atoms with Gasteiger partial charge in [0, 0.05) is 0 Å². The summed E-state index contributed by atoms with van der Waals surface area (Å²) in [5.41, 5.74) is 0. The third kappa shape index (κ3) is 1.15. The fraction of sp³-hybridized carbons (Fsp3) is 0.364. The van der Waals surface area contributed by atoms with Crippen molar-refractivity contribution in [2.24, 2.45) is 10.9 Å². The van der Waals surface area contributed by atoms with Crippen LogP contribution in [0.15, 0.2) is 29.3 Å². The first kappa shape index (κ1) is 7.53. The van der Waals surface area contributed by atoms with E-state index in [0.29, 0.717) is 12.0 Å². The molecule has 0 bridgehead atoms. The number of nitrogens with zero attached hydrogens (tertiary/aromatic N) is 1. The summed E-state index contributed by atoms with van der Waals surface area (Å²) >= 11 is 0. The largest absolute Gasteiger partial charge is 0.281 e. The van der Waals surface area contributed by atoms with Gasteiger partial charge in [-0.3, -0.25) is 4.99 Å². The van der Waals surface area contributed by atoms with Crippen LogP contribution in [-0.2, 0) is 0 Å². The molecule has 0 spiro atoms. The van der Waals surface area contributed by atoms with E-state index < -0.39 is 0 Å². The predicted molar refractivity (Wildman–Crippen MR) is 50.3 cm³/mol. The Balaban J connectivity index is 2.70. The molecule has 0 aromatic heterocycles. The van der Waals surface area contributed by atoms with Crippen LogP contribution >= 0.6 is 0 Å². The Morgan fingerprint density at radius 1 is 1.17 bits per heavy atom. The average Bonchev–Trinajstić information content (AvgIpc) is 2.07. The molecule has 0 fully saturated rings. The maximum Gasteiger partial charge on any atom is 0.0647 e. The molecule has 12 heavy (non-hydrogen) atoms. The highest BCUT2D eigenvalue weighted by Crippen LogP contribution is 2.08. The van der Waals surface area contributed by atoms with Gasteiger partial charge in [0.05, 0.1) is 11.4 Å². The molecule has 1 heteroatoms. The first-order valence-corrected chi connectivity index (χ1v) is 4.42. The molecule has 0 saturated heterocycles. The molecule has 1 aromatic carbocycles. The van der Waals surface area contributed by atoms with Gasteiger partial charge in [0.15, 0.2) is 0 Å². The highest BCUT2D eigenvalue weighted by Gasteiger charge is 2.10. The zero-order chi connectivity index (χ0) is 8.55. The second-order valence-electron chi connectivity index (χ2n) is 3.45. The fourth-order valence-corrected chi connectivity index (χ4v) is 1.51. The molecule has 1 nitrogen and oxygen atoms in total. The second kappa shape index (κ2) is 2.74. The summed E-state index contributed by atoms with van der Waals surface area (Å²) < 4.78 is 0. The molecule has 2 unspecified atom stereocenters. The summed E-state index contributed by atoms with van der Waals surface area (Å²) in [4.78, 5) is 4.60. The van der Waals surface area contributed by atoms with E-state index >= 15 is 0 Å². The van der Waals surface area contributed by atoms with E-state index in [1.165, 1.54) is 5.22 Å². The number of hydrogen-bond acceptors (Lipinski definition) is 1. The molecule has 0 saturated carbocycles. The molecular weight excluding hydrogens is 146 g/mol. The lowest BCUT2D eigenvalue weighted by Gasteiger charge is -2.15. The van der Waals surface area contributed by atoms with E-state index in [2.05, 4.69) is 43.1 Å². The maximum atomic E-state index is 4.60. The minimum Gasteiger partial charge on any atom is -0.281 e. The molecule has 2 rings (SSSR count). The van der Waals surface area contributed by atoms with Crippen LogP contribution in [0.4, 0.5) is 0 Å². The van der Waals surface area contributed by atoms with E-state index in [0.717, 1.165) is 5.36 Å². The number of para-hydroxylation sites is 1. The molecule has 1 aliphatic rings. The second-order valence-corrected chi connectivity index (χ2v) is 3.45. The monoisotopic (exact) mass is 159 g/mol. The van der Waals surface area contributed by atoms with Gasteiger partial charge in [-0.25, -0.2) is 0 Å². The highest BCUT2D eigenvalue weighted by atomic mass is 14.8. The lowest BCUT2D eigenvalue weighted by atomic mass is 10.00. The van der Waals surface area contributed by atoms with E-state index in [1.54, 1.807) is 0 Å². The fourth-order valence-electron chi connectivity index (χ4n) is 1.51. The Kier molecular flexibility index (Phi) is 1.72. The third-order valence-corrected chi connectivity index (χ3v) is 2.48. The predicted octanol–water partition coefficient (Wildman–Crippen LogP) is 1.12. The number of benzene rings is 1. The first-order chi connectivity index (χ1) is 5.77. The van der Waals surface area contributed by atoms with Crippen molar-refractivity contribution in [3.05, 3.63) is 34.8 Å². The third-order valence-electron chi connectivity index (χ3n) is 2.48. The molecule has 0 aliphatic carbocycles. The molecule has 0 radical (unpaired) electrons. The van der Waals surface area contributed by atoms with Gasteiger partial charge < -0.3 is 0 Å². The van der Waals surface area contributed by atoms with Gasteiger partial charge in [0.1, 0.15) is 0 Å². The van der Waals surface area contributed by atoms with Gasteiger partial charge in [0.25, 0.3) is 0 Å². The van der Waals surface area contributed by atoms with Gasteiger partial charge in [-0.15, -0.1) is 0 Å². The quantitative estimate of drug-likeness (QED) is 0.538. The van der Waals surface area contributed by atoms with Crippen LogP contribution in [0.1, 0.15) is 13.8 Å². The molecular formula is C11H13N. The summed E-state index contributed by atoms with van der Waals surface area (Å²) in [6.07, 6.45) is 2.30. The lowest BCUT2D eigenvalue weighted by molar-refractivity contribution is 0.586. The number of rotatable bonds is 0. The molecule has 2 atom stereocenters. The van der Waals surface area contributed by atoms with Crippen molar-refractivity contribution in [1.82, 2.24) is 0 Å². The summed E-state index contributed by atoms with van der Waals surface area (Å²) in [6, 6.07) is 8.74. The van der Waals surface area contributed by atoms with Crippen molar-refractivity contribution >= 4 is 6.08 Å². The number of fused-ring (bicyclic) bond motifs is 1. The van der Waals surface area contributed by atoms with Crippen molar-refractivity contribution in [2.45, 2.75) is 19.9 Å². The summed E-state index contributed by atoms with van der Waals surface area (Å²) in [5.74, 6) is 0.569. The minimum atomic E-state index is 0.430. The summed E-state index contributed by atoms with van der Waals surface area (Å²) in [7, 11) is 0. The van der Waals surface area contributed by atoms with Crippen molar-refractivity contribution in [2.75, 3.05) is 0 Å². The lowest BCUT2D eigenvalue weighted by Crippen LogP contribution is -2.33. The molecule has 1 aromatic rings. The van der Waals surface area contributed by atoms with Gasteiger partial charge in [-0.05, 0) is 24.1 Å². The molecule has 1 heterocycles. The van der Waals surface area contributed by atoms with Crippen molar-refractivity contribution in [1.29, 1.82) is 0 Å². The van der Waals surface area contributed by atoms with Crippen LogP contribution in [0, 0.1) is 5.92 Å². The van der Waals surface area contributed by atoms with E-state index in [4.69, 9.17) is 0 Å². The van der Waals surface area contributed by atoms with Crippen LogP contribution in [0.5, 0.6) is 0 Å².